The van der Waals surface area contributed by atoms with E-state index in [1.807, 2.05) is 0 Å². The van der Waals surface area contributed by atoms with E-state index in [1.54, 1.807) is 32.9 Å². The van der Waals surface area contributed by atoms with E-state index in [1.165, 1.54) is 13.2 Å². The van der Waals surface area contributed by atoms with Gasteiger partial charge in [-0.3, -0.25) is 0 Å². The predicted molar refractivity (Wildman–Crippen MR) is 101 cm³/mol. The lowest BCUT2D eigenvalue weighted by Gasteiger charge is -2.21. The van der Waals surface area contributed by atoms with Crippen LogP contribution in [0.4, 0.5) is 0 Å². The second kappa shape index (κ2) is 6.88. The first-order chi connectivity index (χ1) is 12.5. The molecule has 27 heavy (non-hydrogen) atoms. The Labute approximate surface area is 159 Å². The number of benzene rings is 1. The minimum atomic E-state index is -3.80. The molecule has 1 aliphatic rings. The number of rotatable bonds is 5. The van der Waals surface area contributed by atoms with E-state index >= 15 is 0 Å². The fraction of sp³-hybridized carbons (Fsp3) is 0.556. The number of methoxy groups -OCH3 is 1. The number of aromatic nitrogens is 2. The van der Waals surface area contributed by atoms with Gasteiger partial charge in [-0.25, -0.2) is 13.1 Å². The van der Waals surface area contributed by atoms with E-state index in [0.717, 1.165) is 25.7 Å². The van der Waals surface area contributed by atoms with Crippen LogP contribution >= 0.6 is 0 Å². The van der Waals surface area contributed by atoms with Crippen molar-refractivity contribution in [1.82, 2.24) is 14.9 Å². The molecule has 0 unspecified atom stereocenters. The summed E-state index contributed by atoms with van der Waals surface area (Å²) >= 11 is 0. The summed E-state index contributed by atoms with van der Waals surface area (Å²) in [7, 11) is -2.38. The number of nitrogens with zero attached hydrogens (tertiary/aromatic N) is 2. The molecule has 1 heterocycles. The third kappa shape index (κ3) is 4.15. The van der Waals surface area contributed by atoms with Crippen LogP contribution in [0.25, 0.3) is 11.5 Å². The molecule has 0 atom stereocenters. The summed E-state index contributed by atoms with van der Waals surface area (Å²) < 4.78 is 38.8. The number of nitrogens with two attached hydrogens (primary N) is 1. The van der Waals surface area contributed by atoms with Crippen LogP contribution in [0.1, 0.15) is 52.3 Å². The molecule has 3 N–H and O–H groups in total. The molecular formula is C18H26N4O4S. The summed E-state index contributed by atoms with van der Waals surface area (Å²) in [6.07, 6.45) is 3.68. The first kappa shape index (κ1) is 19.8. The lowest BCUT2D eigenvalue weighted by atomic mass is 9.99. The van der Waals surface area contributed by atoms with Crippen LogP contribution < -0.4 is 15.2 Å². The van der Waals surface area contributed by atoms with E-state index in [-0.39, 0.29) is 16.5 Å². The monoisotopic (exact) mass is 394 g/mol. The van der Waals surface area contributed by atoms with Gasteiger partial charge in [0.15, 0.2) is 5.82 Å². The molecule has 9 heteroatoms. The van der Waals surface area contributed by atoms with Crippen molar-refractivity contribution in [1.29, 1.82) is 0 Å². The van der Waals surface area contributed by atoms with Gasteiger partial charge >= 0.3 is 0 Å². The normalized spacial score (nSPS) is 17.2. The lowest BCUT2D eigenvalue weighted by molar-refractivity contribution is 0.372. The quantitative estimate of drug-likeness (QED) is 0.799. The van der Waals surface area contributed by atoms with Crippen molar-refractivity contribution in [2.75, 3.05) is 7.11 Å². The molecule has 1 saturated carbocycles. The number of nitrogens with one attached hydrogen (secondary N) is 1. The highest BCUT2D eigenvalue weighted by Crippen LogP contribution is 2.36. The van der Waals surface area contributed by atoms with Gasteiger partial charge in [-0.1, -0.05) is 18.0 Å². The first-order valence-corrected chi connectivity index (χ1v) is 10.4. The lowest BCUT2D eigenvalue weighted by Crippen LogP contribution is -2.40. The van der Waals surface area contributed by atoms with Crippen LogP contribution in [0.2, 0.25) is 0 Å². The van der Waals surface area contributed by atoms with Gasteiger partial charge in [0.2, 0.25) is 10.0 Å². The zero-order valence-electron chi connectivity index (χ0n) is 16.1. The summed E-state index contributed by atoms with van der Waals surface area (Å²) in [5, 5.41) is 4.03. The van der Waals surface area contributed by atoms with Gasteiger partial charge in [-0.15, -0.1) is 0 Å². The molecule has 0 saturated heterocycles. The molecule has 0 bridgehead atoms. The minimum Gasteiger partial charge on any atom is -0.495 e. The van der Waals surface area contributed by atoms with Gasteiger partial charge in [-0.2, -0.15) is 4.98 Å². The minimum absolute atomic E-state index is 0.0144. The van der Waals surface area contributed by atoms with E-state index in [9.17, 15) is 8.42 Å². The number of sulfonamides is 1. The number of ether oxygens (including phenoxy) is 1. The molecule has 1 aliphatic carbocycles. The van der Waals surface area contributed by atoms with E-state index < -0.39 is 21.1 Å². The molecule has 0 spiro atoms. The standard InChI is InChI=1S/C18H26N4O4S/c1-17(2,3)22-27(23,24)14-11-12(7-8-13(14)25-4)15-20-16(21-26-15)18(19)9-5-6-10-18/h7-8,11,22H,5-6,9-10,19H2,1-4H3. The molecular weight excluding hydrogens is 368 g/mol. The van der Waals surface area contributed by atoms with Crippen molar-refractivity contribution in [3.8, 4) is 17.2 Å². The average Bonchev–Trinajstić information content (AvgIpc) is 3.22. The first-order valence-electron chi connectivity index (χ1n) is 8.90. The van der Waals surface area contributed by atoms with Gasteiger partial charge in [0, 0.05) is 11.1 Å². The molecule has 3 rings (SSSR count). The van der Waals surface area contributed by atoms with Gasteiger partial charge in [0.05, 0.1) is 12.6 Å². The van der Waals surface area contributed by atoms with Crippen molar-refractivity contribution in [2.45, 2.75) is 62.4 Å². The van der Waals surface area contributed by atoms with Crippen molar-refractivity contribution in [3.05, 3.63) is 24.0 Å². The average molecular weight is 394 g/mol. The third-order valence-electron chi connectivity index (χ3n) is 4.51. The summed E-state index contributed by atoms with van der Waals surface area (Å²) in [4.78, 5) is 4.44. The number of hydrogen-bond acceptors (Lipinski definition) is 7. The largest absolute Gasteiger partial charge is 0.495 e. The molecule has 1 fully saturated rings. The molecule has 1 aromatic heterocycles. The van der Waals surface area contributed by atoms with E-state index in [4.69, 9.17) is 15.0 Å². The topological polar surface area (TPSA) is 120 Å². The summed E-state index contributed by atoms with van der Waals surface area (Å²) in [6, 6.07) is 4.73. The second-order valence-corrected chi connectivity index (χ2v) is 9.66. The highest BCUT2D eigenvalue weighted by atomic mass is 32.2. The molecule has 1 aromatic carbocycles. The maximum absolute atomic E-state index is 12.8. The Morgan fingerprint density at radius 3 is 2.52 bits per heavy atom. The molecule has 148 valence electrons. The molecule has 8 nitrogen and oxygen atoms in total. The van der Waals surface area contributed by atoms with Crippen LogP contribution in [-0.4, -0.2) is 31.2 Å². The Balaban J connectivity index is 2.00. The predicted octanol–water partition coefficient (Wildman–Crippen LogP) is 2.55. The van der Waals surface area contributed by atoms with Crippen LogP contribution in [0, 0.1) is 0 Å². The van der Waals surface area contributed by atoms with Crippen molar-refractivity contribution < 1.29 is 17.7 Å². The summed E-state index contributed by atoms with van der Waals surface area (Å²) in [5.74, 6) is 0.931. The summed E-state index contributed by atoms with van der Waals surface area (Å²) in [6.45, 7) is 5.31. The smallest absolute Gasteiger partial charge is 0.258 e. The maximum atomic E-state index is 12.8. The van der Waals surface area contributed by atoms with Crippen molar-refractivity contribution in [2.24, 2.45) is 5.73 Å². The highest BCUT2D eigenvalue weighted by Gasteiger charge is 2.36. The van der Waals surface area contributed by atoms with Crippen LogP contribution in [0.5, 0.6) is 5.75 Å². The molecule has 2 aromatic rings. The molecule has 0 amide bonds. The summed E-state index contributed by atoms with van der Waals surface area (Å²) in [5.41, 5.74) is 5.66. The van der Waals surface area contributed by atoms with Crippen LogP contribution in [-0.2, 0) is 15.6 Å². The van der Waals surface area contributed by atoms with Gasteiger partial charge in [0.25, 0.3) is 5.89 Å². The van der Waals surface area contributed by atoms with Gasteiger partial charge in [0.1, 0.15) is 10.6 Å². The zero-order valence-corrected chi connectivity index (χ0v) is 16.9. The van der Waals surface area contributed by atoms with Crippen molar-refractivity contribution in [3.63, 3.8) is 0 Å². The zero-order chi connectivity index (χ0) is 19.9. The third-order valence-corrected chi connectivity index (χ3v) is 6.29. The second-order valence-electron chi connectivity index (χ2n) is 8.01. The Morgan fingerprint density at radius 1 is 1.26 bits per heavy atom. The van der Waals surface area contributed by atoms with Crippen LogP contribution in [0.3, 0.4) is 0 Å². The van der Waals surface area contributed by atoms with Crippen LogP contribution in [0.15, 0.2) is 27.6 Å². The Hall–Kier alpha value is -1.97. The van der Waals surface area contributed by atoms with E-state index in [0.29, 0.717) is 11.4 Å². The Morgan fingerprint density at radius 2 is 1.93 bits per heavy atom. The van der Waals surface area contributed by atoms with Gasteiger partial charge < -0.3 is 15.0 Å². The Kier molecular flexibility index (Phi) is 5.04. The number of hydrogen-bond donors (Lipinski definition) is 2. The van der Waals surface area contributed by atoms with Gasteiger partial charge in [-0.05, 0) is 51.8 Å². The highest BCUT2D eigenvalue weighted by molar-refractivity contribution is 7.89. The Bertz CT molecular complexity index is 925. The fourth-order valence-corrected chi connectivity index (χ4v) is 4.86. The van der Waals surface area contributed by atoms with E-state index in [2.05, 4.69) is 14.9 Å². The SMILES string of the molecule is COc1ccc(-c2nc(C3(N)CCCC3)no2)cc1S(=O)(=O)NC(C)(C)C. The maximum Gasteiger partial charge on any atom is 0.258 e. The molecule has 0 radical (unpaired) electrons. The fourth-order valence-electron chi connectivity index (χ4n) is 3.25. The van der Waals surface area contributed by atoms with Crippen molar-refractivity contribution >= 4 is 10.0 Å². The molecule has 0 aliphatic heterocycles.